The molecule has 2 bridgehead atoms. The standard InChI is InChI=1S/C20H22O3.C12H12O3.C10H10O2.C7H6O2.C3H5Br.C3H4O4/c1-2-11-22-19-8-4-15(5-9-19)6-10-20(21)23-14-18-13-16-3-7-17(18)12-16;1-2-9-15-11-6-3-10(4-7-11)5-8-12(13)14;1-2-7-12-10-5-3-9(8-11)4-6-10;8-5-6-1-3-7(9)4-2-6;1-2-3-4;4-2(5)1-3(6)7/h2-10,16-18H,1,11-14H2;2-8H,1,9H2,(H,13,14);2-6,8H,1,7H2;1-5,9H;2H,1,3H2;1H2,(H,4,5)(H,6,7)/b10-6+;8-5+;;;;. The van der Waals surface area contributed by atoms with Gasteiger partial charge in [-0.15, -0.1) is 6.58 Å². The van der Waals surface area contributed by atoms with Gasteiger partial charge in [-0.05, 0) is 127 Å². The Morgan fingerprint density at radius 2 is 0.971 bits per heavy atom. The molecule has 0 saturated heterocycles. The van der Waals surface area contributed by atoms with Crippen LogP contribution >= 0.6 is 15.9 Å². The topological polar surface area (TPSA) is 220 Å². The number of halogens is 1. The van der Waals surface area contributed by atoms with E-state index in [1.54, 1.807) is 91.0 Å². The second kappa shape index (κ2) is 37.0. The van der Waals surface area contributed by atoms with Crippen LogP contribution in [0.25, 0.3) is 12.2 Å². The summed E-state index contributed by atoms with van der Waals surface area (Å²) >= 11 is 3.13. The number of phenolic OH excluding ortho intramolecular Hbond substituents is 1. The van der Waals surface area contributed by atoms with Crippen molar-refractivity contribution >= 4 is 64.5 Å². The van der Waals surface area contributed by atoms with Crippen molar-refractivity contribution < 1.29 is 68.1 Å². The maximum atomic E-state index is 11.8. The zero-order valence-electron chi connectivity index (χ0n) is 38.6. The third-order valence-electron chi connectivity index (χ3n) is 9.01. The van der Waals surface area contributed by atoms with Crippen LogP contribution in [0.3, 0.4) is 0 Å². The van der Waals surface area contributed by atoms with E-state index in [0.29, 0.717) is 55.3 Å². The number of carbonyl (C=O) groups is 6. The van der Waals surface area contributed by atoms with E-state index < -0.39 is 24.3 Å². The number of carboxylic acids is 3. The summed E-state index contributed by atoms with van der Waals surface area (Å²) in [7, 11) is 0. The predicted molar refractivity (Wildman–Crippen MR) is 275 cm³/mol. The molecule has 0 heterocycles. The number of allylic oxidation sites excluding steroid dienone is 3. The van der Waals surface area contributed by atoms with Crippen molar-refractivity contribution in [2.45, 2.75) is 19.3 Å². The largest absolute Gasteiger partial charge is 0.508 e. The van der Waals surface area contributed by atoms with Crippen LogP contribution in [0.4, 0.5) is 0 Å². The molecule has 1 saturated carbocycles. The molecule has 4 aromatic rings. The molecule has 2 aliphatic carbocycles. The Balaban J connectivity index is 0.000000455. The highest BCUT2D eigenvalue weighted by atomic mass is 79.9. The Kier molecular flexibility index (Phi) is 31.7. The van der Waals surface area contributed by atoms with Crippen LogP contribution < -0.4 is 14.2 Å². The van der Waals surface area contributed by atoms with E-state index in [4.69, 9.17) is 39.4 Å². The molecule has 4 N–H and O–H groups in total. The van der Waals surface area contributed by atoms with Gasteiger partial charge in [0.05, 0.1) is 6.61 Å². The molecular weight excluding hydrogens is 964 g/mol. The van der Waals surface area contributed by atoms with Gasteiger partial charge in [-0.3, -0.25) is 19.2 Å². The van der Waals surface area contributed by atoms with Gasteiger partial charge in [-0.25, -0.2) is 9.59 Å². The fraction of sp³-hybridized carbons (Fsp3) is 0.200. The van der Waals surface area contributed by atoms with Gasteiger partial charge in [-0.1, -0.05) is 96.4 Å². The zero-order chi connectivity index (χ0) is 51.9. The molecule has 0 amide bonds. The van der Waals surface area contributed by atoms with Gasteiger partial charge in [0.15, 0.2) is 0 Å². The Morgan fingerprint density at radius 3 is 1.29 bits per heavy atom. The van der Waals surface area contributed by atoms with Crippen molar-refractivity contribution in [2.24, 2.45) is 17.8 Å². The van der Waals surface area contributed by atoms with Crippen LogP contribution in [0, 0.1) is 17.8 Å². The van der Waals surface area contributed by atoms with Crippen molar-refractivity contribution in [3.05, 3.63) is 194 Å². The first-order chi connectivity index (χ1) is 33.7. The van der Waals surface area contributed by atoms with E-state index in [9.17, 15) is 28.8 Å². The third kappa shape index (κ3) is 28.9. The lowest BCUT2D eigenvalue weighted by Gasteiger charge is -2.17. The van der Waals surface area contributed by atoms with Crippen LogP contribution in [0.5, 0.6) is 23.0 Å². The molecule has 2 aliphatic rings. The fourth-order valence-electron chi connectivity index (χ4n) is 5.80. The number of ether oxygens (including phenoxy) is 4. The summed E-state index contributed by atoms with van der Waals surface area (Å²) in [4.78, 5) is 61.3. The van der Waals surface area contributed by atoms with E-state index in [0.717, 1.165) is 58.8 Å². The lowest BCUT2D eigenvalue weighted by atomic mass is 9.95. The molecule has 1 fully saturated rings. The van der Waals surface area contributed by atoms with E-state index >= 15 is 0 Å². The molecule has 14 nitrogen and oxygen atoms in total. The molecule has 6 rings (SSSR count). The van der Waals surface area contributed by atoms with Crippen LogP contribution in [-0.4, -0.2) is 88.6 Å². The quantitative estimate of drug-likeness (QED) is 0.0162. The minimum atomic E-state index is -1.31. The van der Waals surface area contributed by atoms with E-state index in [-0.39, 0.29) is 11.7 Å². The molecule has 3 atom stereocenters. The normalized spacial score (nSPS) is 14.2. The minimum Gasteiger partial charge on any atom is -0.508 e. The van der Waals surface area contributed by atoms with Crippen LogP contribution in [-0.2, 0) is 23.9 Å². The minimum absolute atomic E-state index is 0.181. The van der Waals surface area contributed by atoms with Gasteiger partial charge in [0.1, 0.15) is 61.8 Å². The fourth-order valence-corrected chi connectivity index (χ4v) is 5.80. The summed E-state index contributed by atoms with van der Waals surface area (Å²) in [5.41, 5.74) is 2.99. The molecule has 0 radical (unpaired) electrons. The molecule has 3 unspecified atom stereocenters. The highest BCUT2D eigenvalue weighted by molar-refractivity contribution is 9.09. The molecule has 4 aromatic carbocycles. The molecule has 0 aromatic heterocycles. The molecule has 0 spiro atoms. The number of phenols is 1. The summed E-state index contributed by atoms with van der Waals surface area (Å²) < 4.78 is 21.3. The van der Waals surface area contributed by atoms with Gasteiger partial charge in [0.25, 0.3) is 0 Å². The number of carbonyl (C=O) groups excluding carboxylic acids is 3. The number of fused-ring (bicyclic) bond motifs is 2. The zero-order valence-corrected chi connectivity index (χ0v) is 40.2. The lowest BCUT2D eigenvalue weighted by molar-refractivity contribution is -0.147. The maximum absolute atomic E-state index is 11.8. The van der Waals surface area contributed by atoms with Crippen molar-refractivity contribution in [3.8, 4) is 23.0 Å². The van der Waals surface area contributed by atoms with Crippen LogP contribution in [0.15, 0.2) is 172 Å². The number of rotatable bonds is 20. The first kappa shape index (κ1) is 60.0. The first-order valence-corrected chi connectivity index (χ1v) is 22.6. The number of alkyl halides is 1. The summed E-state index contributed by atoms with van der Waals surface area (Å²) in [6.07, 6.45) is 20.4. The maximum Gasteiger partial charge on any atom is 0.330 e. The summed E-state index contributed by atoms with van der Waals surface area (Å²) in [5, 5.41) is 33.5. The number of carboxylic acid groups (broad SMARTS) is 3. The van der Waals surface area contributed by atoms with Crippen molar-refractivity contribution in [1.29, 1.82) is 0 Å². The number of benzene rings is 4. The second-order valence-corrected chi connectivity index (χ2v) is 15.1. The SMILES string of the molecule is C=CCBr.C=CCOc1ccc(/C=C/C(=O)O)cc1.C=CCOc1ccc(/C=C/C(=O)OCC2CC3C=CC2C3)cc1.C=CCOc1ccc(C=O)cc1.O=C(O)CC(=O)O.O=Cc1ccc(O)cc1. The highest BCUT2D eigenvalue weighted by Crippen LogP contribution is 2.43. The summed E-state index contributed by atoms with van der Waals surface area (Å²) in [5.74, 6) is 0.424. The van der Waals surface area contributed by atoms with Gasteiger partial charge >= 0.3 is 23.9 Å². The van der Waals surface area contributed by atoms with Crippen molar-refractivity contribution in [1.82, 2.24) is 0 Å². The third-order valence-corrected chi connectivity index (χ3v) is 9.46. The van der Waals surface area contributed by atoms with Crippen LogP contribution in [0.1, 0.15) is 51.1 Å². The molecule has 0 aliphatic heterocycles. The monoisotopic (exact) mass is 1020 g/mol. The van der Waals surface area contributed by atoms with Crippen molar-refractivity contribution in [2.75, 3.05) is 31.8 Å². The number of aromatic hydroxyl groups is 1. The number of esters is 1. The molecule has 70 heavy (non-hydrogen) atoms. The molecular formula is C55H59BrO14. The molecule has 15 heteroatoms. The Labute approximate surface area is 417 Å². The highest BCUT2D eigenvalue weighted by Gasteiger charge is 2.36. The summed E-state index contributed by atoms with van der Waals surface area (Å²) in [6.45, 7) is 16.1. The Morgan fingerprint density at radius 1 is 0.571 bits per heavy atom. The lowest BCUT2D eigenvalue weighted by Crippen LogP contribution is -2.16. The Bertz CT molecular complexity index is 2300. The van der Waals surface area contributed by atoms with Gasteiger partial charge in [-0.2, -0.15) is 0 Å². The van der Waals surface area contributed by atoms with E-state index in [2.05, 4.69) is 54.4 Å². The predicted octanol–water partition coefficient (Wildman–Crippen LogP) is 10.8. The molecule has 370 valence electrons. The van der Waals surface area contributed by atoms with Gasteiger partial charge < -0.3 is 39.4 Å². The van der Waals surface area contributed by atoms with E-state index in [1.165, 1.54) is 30.7 Å². The Hall–Kier alpha value is -8.04. The number of aliphatic carboxylic acids is 3. The number of hydrogen-bond donors (Lipinski definition) is 4. The smallest absolute Gasteiger partial charge is 0.330 e. The van der Waals surface area contributed by atoms with E-state index in [1.807, 2.05) is 24.3 Å². The van der Waals surface area contributed by atoms with Gasteiger partial charge in [0.2, 0.25) is 0 Å². The van der Waals surface area contributed by atoms with Gasteiger partial charge in [0, 0.05) is 28.6 Å². The van der Waals surface area contributed by atoms with Crippen LogP contribution in [0.2, 0.25) is 0 Å². The average molecular weight is 1020 g/mol. The average Bonchev–Trinajstić information content (AvgIpc) is 4.01. The second-order valence-electron chi connectivity index (χ2n) is 14.4. The number of hydrogen-bond acceptors (Lipinski definition) is 11. The first-order valence-electron chi connectivity index (χ1n) is 21.5. The summed E-state index contributed by atoms with van der Waals surface area (Å²) in [6, 6.07) is 27.7. The number of aldehydes is 2. The van der Waals surface area contributed by atoms with Crippen molar-refractivity contribution in [3.63, 3.8) is 0 Å².